The average molecular weight is 314 g/mol. The molecule has 1 heterocycles. The Balaban J connectivity index is 2.33. The van der Waals surface area contributed by atoms with E-state index in [1.54, 1.807) is 12.1 Å². The second kappa shape index (κ2) is 3.65. The molecule has 0 bridgehead atoms. The normalized spacial score (nSPS) is 15.8. The van der Waals surface area contributed by atoms with E-state index in [1.807, 2.05) is 12.1 Å². The van der Waals surface area contributed by atoms with Crippen molar-refractivity contribution in [1.29, 1.82) is 0 Å². The molecule has 0 aromatic heterocycles. The zero-order valence-electron chi connectivity index (χ0n) is 7.66. The first-order valence-corrected chi connectivity index (χ1v) is 5.27. The molecular weight excluding hydrogens is 307 g/mol. The zero-order valence-corrected chi connectivity index (χ0v) is 9.82. The van der Waals surface area contributed by atoms with Gasteiger partial charge in [0.2, 0.25) is 0 Å². The van der Waals surface area contributed by atoms with Crippen molar-refractivity contribution < 1.29 is 9.59 Å². The van der Waals surface area contributed by atoms with Crippen molar-refractivity contribution in [3.05, 3.63) is 40.0 Å². The number of rotatable bonds is 1. The Morgan fingerprint density at radius 1 is 1.20 bits per heavy atom. The van der Waals surface area contributed by atoms with Gasteiger partial charge < -0.3 is 0 Å². The molecule has 5 heteroatoms. The predicted octanol–water partition coefficient (Wildman–Crippen LogP) is 1.23. The van der Waals surface area contributed by atoms with Gasteiger partial charge in [-0.25, -0.2) is 5.01 Å². The van der Waals surface area contributed by atoms with E-state index < -0.39 is 11.8 Å². The van der Waals surface area contributed by atoms with Gasteiger partial charge in [-0.05, 0) is 46.9 Å². The van der Waals surface area contributed by atoms with Gasteiger partial charge in [-0.15, -0.1) is 0 Å². The molecule has 1 aromatic carbocycles. The number of halogens is 1. The van der Waals surface area contributed by atoms with Crippen LogP contribution in [0, 0.1) is 3.57 Å². The number of hydrogen-bond acceptors (Lipinski definition) is 2. The van der Waals surface area contributed by atoms with Crippen LogP contribution in [0.4, 0.5) is 5.69 Å². The lowest BCUT2D eigenvalue weighted by molar-refractivity contribution is -0.117. The molecule has 0 saturated carbocycles. The zero-order chi connectivity index (χ0) is 11.0. The van der Waals surface area contributed by atoms with Crippen LogP contribution in [-0.4, -0.2) is 11.8 Å². The standard InChI is InChI=1S/C10H7IN2O2/c1-6-9(14)12-13(10(6)15)8-4-2-7(11)3-5-8/h2-5H,1H2,(H,12,14). The minimum atomic E-state index is -0.446. The Bertz CT molecular complexity index is 453. The van der Waals surface area contributed by atoms with Crippen LogP contribution < -0.4 is 10.4 Å². The van der Waals surface area contributed by atoms with E-state index >= 15 is 0 Å². The van der Waals surface area contributed by atoms with Crippen molar-refractivity contribution in [2.45, 2.75) is 0 Å². The van der Waals surface area contributed by atoms with Gasteiger partial charge in [0.15, 0.2) is 0 Å². The molecule has 0 unspecified atom stereocenters. The second-order valence-corrected chi connectivity index (χ2v) is 4.28. The van der Waals surface area contributed by atoms with Gasteiger partial charge in [0.1, 0.15) is 5.57 Å². The number of anilines is 1. The van der Waals surface area contributed by atoms with Crippen LogP contribution >= 0.6 is 22.6 Å². The van der Waals surface area contributed by atoms with Crippen LogP contribution in [-0.2, 0) is 9.59 Å². The van der Waals surface area contributed by atoms with Gasteiger partial charge >= 0.3 is 0 Å². The maximum Gasteiger partial charge on any atom is 0.282 e. The highest BCUT2D eigenvalue weighted by Crippen LogP contribution is 2.19. The minimum absolute atomic E-state index is 0.0337. The number of hydrogen-bond donors (Lipinski definition) is 1. The predicted molar refractivity (Wildman–Crippen MR) is 63.9 cm³/mol. The summed E-state index contributed by atoms with van der Waals surface area (Å²) in [5.74, 6) is -0.847. The molecule has 0 radical (unpaired) electrons. The Labute approximate surface area is 100 Å². The number of hydrazine groups is 1. The smallest absolute Gasteiger partial charge is 0.267 e. The van der Waals surface area contributed by atoms with Crippen LogP contribution in [0.25, 0.3) is 0 Å². The first-order valence-electron chi connectivity index (χ1n) is 4.19. The Kier molecular flexibility index (Phi) is 2.47. The average Bonchev–Trinajstić information content (AvgIpc) is 2.47. The molecule has 0 atom stereocenters. The van der Waals surface area contributed by atoms with Crippen molar-refractivity contribution in [2.75, 3.05) is 5.01 Å². The van der Waals surface area contributed by atoms with E-state index in [1.165, 1.54) is 5.01 Å². The number of amides is 2. The number of carbonyl (C=O) groups excluding carboxylic acids is 2. The lowest BCUT2D eigenvalue weighted by atomic mass is 10.3. The van der Waals surface area contributed by atoms with Gasteiger partial charge in [-0.1, -0.05) is 6.58 Å². The molecule has 2 rings (SSSR count). The summed E-state index contributed by atoms with van der Waals surface area (Å²) in [4.78, 5) is 22.7. The number of nitrogens with one attached hydrogen (secondary N) is 1. The molecule has 4 nitrogen and oxygen atoms in total. The van der Waals surface area contributed by atoms with E-state index in [4.69, 9.17) is 0 Å². The third-order valence-electron chi connectivity index (χ3n) is 2.03. The fourth-order valence-electron chi connectivity index (χ4n) is 1.22. The highest BCUT2D eigenvalue weighted by molar-refractivity contribution is 14.1. The van der Waals surface area contributed by atoms with E-state index in [0.29, 0.717) is 5.69 Å². The molecule has 1 N–H and O–H groups in total. The summed E-state index contributed by atoms with van der Waals surface area (Å²) in [6.07, 6.45) is 0. The van der Waals surface area contributed by atoms with E-state index in [9.17, 15) is 9.59 Å². The topological polar surface area (TPSA) is 49.4 Å². The van der Waals surface area contributed by atoms with Crippen LogP contribution in [0.5, 0.6) is 0 Å². The molecule has 76 valence electrons. The summed E-state index contributed by atoms with van der Waals surface area (Å²) in [5.41, 5.74) is 3.03. The van der Waals surface area contributed by atoms with Gasteiger partial charge in [0.05, 0.1) is 5.69 Å². The van der Waals surface area contributed by atoms with Crippen LogP contribution in [0.3, 0.4) is 0 Å². The van der Waals surface area contributed by atoms with Crippen LogP contribution in [0.1, 0.15) is 0 Å². The first-order chi connectivity index (χ1) is 7.09. The van der Waals surface area contributed by atoms with E-state index in [2.05, 4.69) is 34.6 Å². The van der Waals surface area contributed by atoms with Crippen molar-refractivity contribution in [3.63, 3.8) is 0 Å². The summed E-state index contributed by atoms with van der Waals surface area (Å²) < 4.78 is 1.06. The van der Waals surface area contributed by atoms with Gasteiger partial charge in [-0.2, -0.15) is 0 Å². The third-order valence-corrected chi connectivity index (χ3v) is 2.75. The molecule has 0 spiro atoms. The number of benzene rings is 1. The molecule has 2 amide bonds. The molecule has 0 aliphatic carbocycles. The monoisotopic (exact) mass is 314 g/mol. The van der Waals surface area contributed by atoms with Crippen molar-refractivity contribution in [1.82, 2.24) is 5.43 Å². The van der Waals surface area contributed by atoms with Gasteiger partial charge in [0, 0.05) is 3.57 Å². The number of carbonyl (C=O) groups is 2. The van der Waals surface area contributed by atoms with Crippen molar-refractivity contribution in [2.24, 2.45) is 0 Å². The summed E-state index contributed by atoms with van der Waals surface area (Å²) in [7, 11) is 0. The van der Waals surface area contributed by atoms with Crippen LogP contribution in [0.2, 0.25) is 0 Å². The van der Waals surface area contributed by atoms with Gasteiger partial charge in [0.25, 0.3) is 11.8 Å². The SMILES string of the molecule is C=C1C(=O)NN(c2ccc(I)cc2)C1=O. The molecule has 1 aromatic rings. The maximum absolute atomic E-state index is 11.5. The Hall–Kier alpha value is -1.37. The first kappa shape index (κ1) is 10.2. The molecular formula is C10H7IN2O2. The highest BCUT2D eigenvalue weighted by Gasteiger charge is 2.32. The lowest BCUT2D eigenvalue weighted by Gasteiger charge is -2.14. The lowest BCUT2D eigenvalue weighted by Crippen LogP contribution is -2.35. The molecule has 1 aliphatic heterocycles. The van der Waals surface area contributed by atoms with Crippen LogP contribution in [0.15, 0.2) is 36.4 Å². The van der Waals surface area contributed by atoms with E-state index in [-0.39, 0.29) is 5.57 Å². The Morgan fingerprint density at radius 3 is 2.27 bits per heavy atom. The van der Waals surface area contributed by atoms with Gasteiger partial charge in [-0.3, -0.25) is 15.0 Å². The number of nitrogens with zero attached hydrogens (tertiary/aromatic N) is 1. The maximum atomic E-state index is 11.5. The summed E-state index contributed by atoms with van der Waals surface area (Å²) in [6, 6.07) is 7.24. The quantitative estimate of drug-likeness (QED) is 0.481. The summed E-state index contributed by atoms with van der Waals surface area (Å²) in [5, 5.41) is 1.20. The van der Waals surface area contributed by atoms with Crippen molar-refractivity contribution in [3.8, 4) is 0 Å². The molecule has 1 fully saturated rings. The van der Waals surface area contributed by atoms with E-state index in [0.717, 1.165) is 3.57 Å². The molecule has 1 saturated heterocycles. The molecule has 15 heavy (non-hydrogen) atoms. The second-order valence-electron chi connectivity index (χ2n) is 3.04. The molecule has 1 aliphatic rings. The summed E-state index contributed by atoms with van der Waals surface area (Å²) >= 11 is 2.16. The highest BCUT2D eigenvalue weighted by atomic mass is 127. The third kappa shape index (κ3) is 1.74. The Morgan fingerprint density at radius 2 is 1.80 bits per heavy atom. The minimum Gasteiger partial charge on any atom is -0.267 e. The fraction of sp³-hybridized carbons (Fsp3) is 0. The summed E-state index contributed by atoms with van der Waals surface area (Å²) in [6.45, 7) is 3.40. The fourth-order valence-corrected chi connectivity index (χ4v) is 1.58. The largest absolute Gasteiger partial charge is 0.282 e. The van der Waals surface area contributed by atoms with Crippen molar-refractivity contribution >= 4 is 40.1 Å².